The Bertz CT molecular complexity index is 1360. The molecule has 7 nitrogen and oxygen atoms in total. The van der Waals surface area contributed by atoms with E-state index in [2.05, 4.69) is 22.8 Å². The van der Waals surface area contributed by atoms with Crippen LogP contribution in [-0.2, 0) is 11.3 Å². The quantitative estimate of drug-likeness (QED) is 0.274. The van der Waals surface area contributed by atoms with Crippen LogP contribution in [0, 0.1) is 5.92 Å². The summed E-state index contributed by atoms with van der Waals surface area (Å²) in [7, 11) is 0. The Hall–Kier alpha value is -4.13. The SMILES string of the molecule is O=C(O)CC(NC(=O)c1ccn2c(NCc3ccccc3)c(-c3ccccc3)nc2c1)C1CCCCC1. The van der Waals surface area contributed by atoms with Crippen LogP contribution >= 0.6 is 0 Å². The molecule has 1 fully saturated rings. The number of imidazole rings is 1. The largest absolute Gasteiger partial charge is 0.481 e. The molecule has 0 spiro atoms. The van der Waals surface area contributed by atoms with Gasteiger partial charge in [0.25, 0.3) is 5.91 Å². The molecule has 190 valence electrons. The van der Waals surface area contributed by atoms with Crippen molar-refractivity contribution in [3.05, 3.63) is 90.1 Å². The van der Waals surface area contributed by atoms with Gasteiger partial charge in [0.15, 0.2) is 0 Å². The van der Waals surface area contributed by atoms with Gasteiger partial charge in [0, 0.05) is 29.9 Å². The van der Waals surface area contributed by atoms with E-state index in [1.807, 2.05) is 59.1 Å². The second-order valence-corrected chi connectivity index (χ2v) is 9.73. The molecule has 2 heterocycles. The summed E-state index contributed by atoms with van der Waals surface area (Å²) in [6.07, 6.45) is 7.03. The molecule has 5 rings (SSSR count). The first-order chi connectivity index (χ1) is 18.1. The third-order valence-electron chi connectivity index (χ3n) is 7.17. The van der Waals surface area contributed by atoms with Gasteiger partial charge in [-0.15, -0.1) is 0 Å². The van der Waals surface area contributed by atoms with Crippen molar-refractivity contribution in [2.24, 2.45) is 5.92 Å². The van der Waals surface area contributed by atoms with Gasteiger partial charge in [0.2, 0.25) is 0 Å². The minimum Gasteiger partial charge on any atom is -0.481 e. The third-order valence-corrected chi connectivity index (χ3v) is 7.17. The number of fused-ring (bicyclic) bond motifs is 1. The van der Waals surface area contributed by atoms with E-state index in [0.29, 0.717) is 17.8 Å². The number of nitrogens with zero attached hydrogens (tertiary/aromatic N) is 2. The van der Waals surface area contributed by atoms with Crippen molar-refractivity contribution >= 4 is 23.3 Å². The molecule has 0 aliphatic heterocycles. The van der Waals surface area contributed by atoms with Gasteiger partial charge < -0.3 is 15.7 Å². The second-order valence-electron chi connectivity index (χ2n) is 9.73. The highest BCUT2D eigenvalue weighted by atomic mass is 16.4. The van der Waals surface area contributed by atoms with Gasteiger partial charge in [-0.25, -0.2) is 4.98 Å². The smallest absolute Gasteiger partial charge is 0.305 e. The number of rotatable bonds is 9. The van der Waals surface area contributed by atoms with Crippen molar-refractivity contribution in [3.63, 3.8) is 0 Å². The summed E-state index contributed by atoms with van der Waals surface area (Å²) in [5.74, 6) is -0.103. The Morgan fingerprint density at radius 2 is 1.68 bits per heavy atom. The molecular formula is C30H32N4O3. The molecule has 4 aromatic rings. The Kier molecular flexibility index (Phi) is 7.49. The summed E-state index contributed by atoms with van der Waals surface area (Å²) >= 11 is 0. The first-order valence-electron chi connectivity index (χ1n) is 13.0. The average Bonchev–Trinajstić information content (AvgIpc) is 3.30. The van der Waals surface area contributed by atoms with E-state index in [9.17, 15) is 14.7 Å². The van der Waals surface area contributed by atoms with E-state index in [1.54, 1.807) is 12.1 Å². The minimum atomic E-state index is -0.888. The van der Waals surface area contributed by atoms with E-state index in [4.69, 9.17) is 4.98 Å². The van der Waals surface area contributed by atoms with Gasteiger partial charge in [-0.05, 0) is 36.5 Å². The Labute approximate surface area is 216 Å². The molecule has 1 amide bonds. The fraction of sp³-hybridized carbons (Fsp3) is 0.300. The molecule has 2 aromatic carbocycles. The zero-order valence-electron chi connectivity index (χ0n) is 20.8. The standard InChI is InChI=1S/C30H32N4O3/c35-27(36)19-25(22-12-6-2-7-13-22)32-30(37)24-16-17-34-26(18-24)33-28(23-14-8-3-9-15-23)29(34)31-20-21-10-4-1-5-11-21/h1,3-5,8-11,14-18,22,25,31H,2,6-7,12-13,19-20H2,(H,32,37)(H,35,36). The molecule has 1 aliphatic carbocycles. The number of carbonyl (C=O) groups is 2. The molecule has 2 aromatic heterocycles. The van der Waals surface area contributed by atoms with Crippen LogP contribution in [0.4, 0.5) is 5.82 Å². The number of aliphatic carboxylic acids is 1. The third kappa shape index (κ3) is 5.82. The van der Waals surface area contributed by atoms with E-state index in [0.717, 1.165) is 48.3 Å². The molecule has 1 atom stereocenters. The number of carboxylic acid groups (broad SMARTS) is 1. The van der Waals surface area contributed by atoms with Gasteiger partial charge in [0.05, 0.1) is 6.42 Å². The van der Waals surface area contributed by atoms with Gasteiger partial charge in [0.1, 0.15) is 17.2 Å². The Balaban J connectivity index is 1.43. The maximum atomic E-state index is 13.2. The van der Waals surface area contributed by atoms with Gasteiger partial charge in [-0.3, -0.25) is 14.0 Å². The van der Waals surface area contributed by atoms with Crippen molar-refractivity contribution in [2.45, 2.75) is 51.1 Å². The Morgan fingerprint density at radius 1 is 0.973 bits per heavy atom. The lowest BCUT2D eigenvalue weighted by Crippen LogP contribution is -2.42. The van der Waals surface area contributed by atoms with Crippen LogP contribution in [0.2, 0.25) is 0 Å². The lowest BCUT2D eigenvalue weighted by atomic mass is 9.82. The van der Waals surface area contributed by atoms with Crippen LogP contribution in [0.3, 0.4) is 0 Å². The summed E-state index contributed by atoms with van der Waals surface area (Å²) in [4.78, 5) is 29.6. The van der Waals surface area contributed by atoms with Gasteiger partial charge in [-0.1, -0.05) is 79.9 Å². The van der Waals surface area contributed by atoms with Crippen molar-refractivity contribution in [2.75, 3.05) is 5.32 Å². The number of anilines is 1. The molecule has 0 bridgehead atoms. The first-order valence-corrected chi connectivity index (χ1v) is 13.0. The predicted molar refractivity (Wildman–Crippen MR) is 144 cm³/mol. The summed E-state index contributed by atoms with van der Waals surface area (Å²) in [5.41, 5.74) is 4.05. The van der Waals surface area contributed by atoms with Crippen LogP contribution in [-0.4, -0.2) is 32.4 Å². The normalized spacial score (nSPS) is 14.8. The number of pyridine rings is 1. The lowest BCUT2D eigenvalue weighted by Gasteiger charge is -2.30. The van der Waals surface area contributed by atoms with Gasteiger partial charge in [-0.2, -0.15) is 0 Å². The maximum Gasteiger partial charge on any atom is 0.305 e. The van der Waals surface area contributed by atoms with Crippen molar-refractivity contribution in [3.8, 4) is 11.3 Å². The maximum absolute atomic E-state index is 13.2. The number of amides is 1. The number of hydrogen-bond acceptors (Lipinski definition) is 4. The fourth-order valence-corrected chi connectivity index (χ4v) is 5.25. The Morgan fingerprint density at radius 3 is 2.38 bits per heavy atom. The van der Waals surface area contributed by atoms with Crippen LogP contribution in [0.15, 0.2) is 79.0 Å². The number of hydrogen-bond donors (Lipinski definition) is 3. The second kappa shape index (κ2) is 11.3. The predicted octanol–water partition coefficient (Wildman–Crippen LogP) is 5.77. The molecular weight excluding hydrogens is 464 g/mol. The highest BCUT2D eigenvalue weighted by Crippen LogP contribution is 2.30. The van der Waals surface area contributed by atoms with Crippen molar-refractivity contribution < 1.29 is 14.7 Å². The van der Waals surface area contributed by atoms with E-state index in [1.165, 1.54) is 6.42 Å². The number of nitrogens with one attached hydrogen (secondary N) is 2. The molecule has 37 heavy (non-hydrogen) atoms. The van der Waals surface area contributed by atoms with Crippen LogP contribution < -0.4 is 10.6 Å². The van der Waals surface area contributed by atoms with E-state index < -0.39 is 5.97 Å². The van der Waals surface area contributed by atoms with Crippen molar-refractivity contribution in [1.82, 2.24) is 14.7 Å². The average molecular weight is 497 g/mol. The first kappa shape index (κ1) is 24.6. The molecule has 0 saturated heterocycles. The molecule has 7 heteroatoms. The zero-order chi connectivity index (χ0) is 25.6. The highest BCUT2D eigenvalue weighted by Gasteiger charge is 2.27. The number of carbonyl (C=O) groups excluding carboxylic acids is 1. The molecule has 0 radical (unpaired) electrons. The number of aromatic nitrogens is 2. The van der Waals surface area contributed by atoms with E-state index >= 15 is 0 Å². The summed E-state index contributed by atoms with van der Waals surface area (Å²) in [6, 6.07) is 23.3. The highest BCUT2D eigenvalue weighted by molar-refractivity contribution is 5.96. The lowest BCUT2D eigenvalue weighted by molar-refractivity contribution is -0.137. The van der Waals surface area contributed by atoms with E-state index in [-0.39, 0.29) is 24.3 Å². The molecule has 1 saturated carbocycles. The molecule has 3 N–H and O–H groups in total. The summed E-state index contributed by atoms with van der Waals surface area (Å²) in [5, 5.41) is 16.0. The minimum absolute atomic E-state index is 0.0618. The van der Waals surface area contributed by atoms with Crippen LogP contribution in [0.1, 0.15) is 54.4 Å². The van der Waals surface area contributed by atoms with Crippen LogP contribution in [0.5, 0.6) is 0 Å². The topological polar surface area (TPSA) is 95.7 Å². The van der Waals surface area contributed by atoms with Crippen LogP contribution in [0.25, 0.3) is 16.9 Å². The van der Waals surface area contributed by atoms with Gasteiger partial charge >= 0.3 is 5.97 Å². The molecule has 1 unspecified atom stereocenters. The summed E-state index contributed by atoms with van der Waals surface area (Å²) in [6.45, 7) is 0.634. The monoisotopic (exact) mass is 496 g/mol. The number of benzene rings is 2. The summed E-state index contributed by atoms with van der Waals surface area (Å²) < 4.78 is 1.96. The fourth-order valence-electron chi connectivity index (χ4n) is 5.25. The molecule has 1 aliphatic rings. The van der Waals surface area contributed by atoms with Crippen molar-refractivity contribution in [1.29, 1.82) is 0 Å². The number of carboxylic acids is 1. The zero-order valence-corrected chi connectivity index (χ0v) is 20.8.